The number of carbonyl (C=O) groups excluding carboxylic acids is 1. The fraction of sp³-hybridized carbons (Fsp3) is 0.417. The summed E-state index contributed by atoms with van der Waals surface area (Å²) in [4.78, 5) is 22.0. The first-order chi connectivity index (χ1) is 8.56. The number of rotatable bonds is 6. The molecular formula is C12H17N3O3. The Kier molecular flexibility index (Phi) is 5.26. The third-order valence-corrected chi connectivity index (χ3v) is 2.58. The minimum atomic E-state index is -0.486. The van der Waals surface area contributed by atoms with Crippen LogP contribution in [0, 0.1) is 17.0 Å². The third kappa shape index (κ3) is 3.81. The molecule has 1 rings (SSSR count). The van der Waals surface area contributed by atoms with Gasteiger partial charge in [0, 0.05) is 23.7 Å². The summed E-state index contributed by atoms with van der Waals surface area (Å²) in [6, 6.07) is 4.46. The molecule has 0 saturated heterocycles. The van der Waals surface area contributed by atoms with Gasteiger partial charge < -0.3 is 11.1 Å². The zero-order valence-corrected chi connectivity index (χ0v) is 10.3. The van der Waals surface area contributed by atoms with E-state index in [1.165, 1.54) is 6.07 Å². The molecule has 3 N–H and O–H groups in total. The molecule has 0 radical (unpaired) electrons. The van der Waals surface area contributed by atoms with Gasteiger partial charge in [-0.05, 0) is 32.4 Å². The molecule has 1 amide bonds. The van der Waals surface area contributed by atoms with Crippen LogP contribution in [-0.4, -0.2) is 23.9 Å². The monoisotopic (exact) mass is 251 g/mol. The molecule has 0 fully saturated rings. The maximum atomic E-state index is 11.7. The molecule has 0 aliphatic carbocycles. The van der Waals surface area contributed by atoms with Crippen LogP contribution in [0.15, 0.2) is 18.2 Å². The topological polar surface area (TPSA) is 98.3 Å². The Labute approximate surface area is 105 Å². The summed E-state index contributed by atoms with van der Waals surface area (Å²) < 4.78 is 0. The molecule has 0 heterocycles. The molecule has 1 aromatic rings. The SMILES string of the molecule is Cc1ccc(C(=O)NCCCCN)cc1[N+](=O)[O-]. The lowest BCUT2D eigenvalue weighted by atomic mass is 10.1. The van der Waals surface area contributed by atoms with Crippen molar-refractivity contribution in [2.45, 2.75) is 19.8 Å². The van der Waals surface area contributed by atoms with E-state index >= 15 is 0 Å². The fourth-order valence-electron chi connectivity index (χ4n) is 1.52. The Morgan fingerprint density at radius 1 is 1.44 bits per heavy atom. The number of nitro groups is 1. The number of nitrogens with one attached hydrogen (secondary N) is 1. The quantitative estimate of drug-likeness (QED) is 0.453. The summed E-state index contributed by atoms with van der Waals surface area (Å²) in [5.41, 5.74) is 6.15. The van der Waals surface area contributed by atoms with Crippen LogP contribution in [0.5, 0.6) is 0 Å². The number of benzene rings is 1. The first kappa shape index (κ1) is 14.1. The highest BCUT2D eigenvalue weighted by Crippen LogP contribution is 2.19. The molecule has 0 aromatic heterocycles. The van der Waals surface area contributed by atoms with Crippen LogP contribution in [0.3, 0.4) is 0 Å². The number of carbonyl (C=O) groups is 1. The molecule has 0 atom stereocenters. The van der Waals surface area contributed by atoms with Crippen LogP contribution in [-0.2, 0) is 0 Å². The molecule has 0 aliphatic heterocycles. The van der Waals surface area contributed by atoms with Crippen molar-refractivity contribution in [1.29, 1.82) is 0 Å². The molecule has 18 heavy (non-hydrogen) atoms. The highest BCUT2D eigenvalue weighted by Gasteiger charge is 2.14. The lowest BCUT2D eigenvalue weighted by Crippen LogP contribution is -2.25. The smallest absolute Gasteiger partial charge is 0.273 e. The molecule has 6 heteroatoms. The number of nitrogens with zero attached hydrogens (tertiary/aromatic N) is 1. The minimum absolute atomic E-state index is 0.0374. The van der Waals surface area contributed by atoms with Crippen molar-refractivity contribution in [3.05, 3.63) is 39.4 Å². The molecule has 0 aliphatic rings. The van der Waals surface area contributed by atoms with Crippen LogP contribution in [0.25, 0.3) is 0 Å². The third-order valence-electron chi connectivity index (χ3n) is 2.58. The molecule has 0 unspecified atom stereocenters. The van der Waals surface area contributed by atoms with Crippen molar-refractivity contribution in [3.8, 4) is 0 Å². The highest BCUT2D eigenvalue weighted by molar-refractivity contribution is 5.94. The van der Waals surface area contributed by atoms with Crippen molar-refractivity contribution in [2.24, 2.45) is 5.73 Å². The van der Waals surface area contributed by atoms with Crippen molar-refractivity contribution in [1.82, 2.24) is 5.32 Å². The lowest BCUT2D eigenvalue weighted by Gasteiger charge is -2.05. The first-order valence-electron chi connectivity index (χ1n) is 5.79. The van der Waals surface area contributed by atoms with E-state index in [1.807, 2.05) is 0 Å². The number of hydrogen-bond donors (Lipinski definition) is 2. The minimum Gasteiger partial charge on any atom is -0.352 e. The second kappa shape index (κ2) is 6.70. The standard InChI is InChI=1S/C12H17N3O3/c1-9-4-5-10(8-11(9)15(17)18)12(16)14-7-3-2-6-13/h4-5,8H,2-3,6-7,13H2,1H3,(H,14,16). The molecular weight excluding hydrogens is 234 g/mol. The number of nitro benzene ring substituents is 1. The van der Waals surface area contributed by atoms with E-state index < -0.39 is 4.92 Å². The molecule has 6 nitrogen and oxygen atoms in total. The second-order valence-corrected chi connectivity index (χ2v) is 4.01. The maximum absolute atomic E-state index is 11.7. The Balaban J connectivity index is 2.68. The Bertz CT molecular complexity index is 446. The van der Waals surface area contributed by atoms with Gasteiger partial charge in [0.05, 0.1) is 4.92 Å². The average molecular weight is 251 g/mol. The van der Waals surface area contributed by atoms with Crippen LogP contribution >= 0.6 is 0 Å². The van der Waals surface area contributed by atoms with Gasteiger partial charge >= 0.3 is 0 Å². The van der Waals surface area contributed by atoms with Gasteiger partial charge in [0.25, 0.3) is 11.6 Å². The first-order valence-corrected chi connectivity index (χ1v) is 5.79. The predicted octanol–water partition coefficient (Wildman–Crippen LogP) is 1.37. The summed E-state index contributed by atoms with van der Waals surface area (Å²) in [7, 11) is 0. The van der Waals surface area contributed by atoms with Gasteiger partial charge in [0.2, 0.25) is 0 Å². The number of hydrogen-bond acceptors (Lipinski definition) is 4. The summed E-state index contributed by atoms with van der Waals surface area (Å²) in [5.74, 6) is -0.296. The van der Waals surface area contributed by atoms with E-state index in [1.54, 1.807) is 19.1 Å². The van der Waals surface area contributed by atoms with Gasteiger partial charge in [-0.2, -0.15) is 0 Å². The highest BCUT2D eigenvalue weighted by atomic mass is 16.6. The molecule has 1 aromatic carbocycles. The van der Waals surface area contributed by atoms with Gasteiger partial charge in [0.1, 0.15) is 0 Å². The van der Waals surface area contributed by atoms with Crippen LogP contribution in [0.2, 0.25) is 0 Å². The maximum Gasteiger partial charge on any atom is 0.273 e. The second-order valence-electron chi connectivity index (χ2n) is 4.01. The zero-order valence-electron chi connectivity index (χ0n) is 10.3. The zero-order chi connectivity index (χ0) is 13.5. The van der Waals surface area contributed by atoms with E-state index in [2.05, 4.69) is 5.32 Å². The van der Waals surface area contributed by atoms with Gasteiger partial charge in [-0.3, -0.25) is 14.9 Å². The largest absolute Gasteiger partial charge is 0.352 e. The number of amides is 1. The van der Waals surface area contributed by atoms with Gasteiger partial charge in [-0.25, -0.2) is 0 Å². The van der Waals surface area contributed by atoms with E-state index in [9.17, 15) is 14.9 Å². The summed E-state index contributed by atoms with van der Waals surface area (Å²) in [5, 5.41) is 13.5. The Morgan fingerprint density at radius 3 is 2.78 bits per heavy atom. The van der Waals surface area contributed by atoms with Gasteiger partial charge in [-0.1, -0.05) is 6.07 Å². The summed E-state index contributed by atoms with van der Waals surface area (Å²) >= 11 is 0. The van der Waals surface area contributed by atoms with Crippen LogP contribution in [0.4, 0.5) is 5.69 Å². The number of aryl methyl sites for hydroxylation is 1. The van der Waals surface area contributed by atoms with Crippen molar-refractivity contribution < 1.29 is 9.72 Å². The van der Waals surface area contributed by atoms with Crippen molar-refractivity contribution in [3.63, 3.8) is 0 Å². The predicted molar refractivity (Wildman–Crippen MR) is 68.5 cm³/mol. The Hall–Kier alpha value is -1.95. The molecule has 0 bridgehead atoms. The summed E-state index contributed by atoms with van der Waals surface area (Å²) in [6.07, 6.45) is 1.64. The van der Waals surface area contributed by atoms with Gasteiger partial charge in [-0.15, -0.1) is 0 Å². The van der Waals surface area contributed by atoms with E-state index in [-0.39, 0.29) is 11.6 Å². The van der Waals surface area contributed by atoms with Crippen LogP contribution in [0.1, 0.15) is 28.8 Å². The lowest BCUT2D eigenvalue weighted by molar-refractivity contribution is -0.385. The van der Waals surface area contributed by atoms with E-state index in [0.717, 1.165) is 12.8 Å². The molecule has 0 saturated carbocycles. The number of unbranched alkanes of at least 4 members (excludes halogenated alkanes) is 1. The average Bonchev–Trinajstić information content (AvgIpc) is 2.34. The van der Waals surface area contributed by atoms with Crippen molar-refractivity contribution >= 4 is 11.6 Å². The molecule has 98 valence electrons. The summed E-state index contributed by atoms with van der Waals surface area (Å²) in [6.45, 7) is 2.75. The van der Waals surface area contributed by atoms with Crippen molar-refractivity contribution in [2.75, 3.05) is 13.1 Å². The molecule has 0 spiro atoms. The Morgan fingerprint density at radius 2 is 2.17 bits per heavy atom. The van der Waals surface area contributed by atoms with Crippen LogP contribution < -0.4 is 11.1 Å². The van der Waals surface area contributed by atoms with E-state index in [4.69, 9.17) is 5.73 Å². The van der Waals surface area contributed by atoms with Gasteiger partial charge in [0.15, 0.2) is 0 Å². The van der Waals surface area contributed by atoms with E-state index in [0.29, 0.717) is 24.2 Å². The normalized spacial score (nSPS) is 10.1. The number of nitrogens with two attached hydrogens (primary N) is 1. The fourth-order valence-corrected chi connectivity index (χ4v) is 1.52.